The van der Waals surface area contributed by atoms with Gasteiger partial charge in [0.15, 0.2) is 0 Å². The fourth-order valence-corrected chi connectivity index (χ4v) is 2.03. The van der Waals surface area contributed by atoms with Crippen LogP contribution < -0.4 is 5.32 Å². The second-order valence-corrected chi connectivity index (χ2v) is 5.38. The van der Waals surface area contributed by atoms with E-state index >= 15 is 0 Å². The molecule has 0 saturated heterocycles. The zero-order valence-corrected chi connectivity index (χ0v) is 11.9. The molecule has 2 N–H and O–H groups in total. The second-order valence-electron chi connectivity index (χ2n) is 4.47. The van der Waals surface area contributed by atoms with Crippen molar-refractivity contribution in [2.24, 2.45) is 5.92 Å². The summed E-state index contributed by atoms with van der Waals surface area (Å²) in [5.41, 5.74) is 1.56. The summed E-state index contributed by atoms with van der Waals surface area (Å²) in [6, 6.07) is 5.32. The van der Waals surface area contributed by atoms with Crippen molar-refractivity contribution in [3.63, 3.8) is 0 Å². The van der Waals surface area contributed by atoms with Gasteiger partial charge in [-0.05, 0) is 36.6 Å². The van der Waals surface area contributed by atoms with Gasteiger partial charge in [0.2, 0.25) is 0 Å². The van der Waals surface area contributed by atoms with Crippen LogP contribution in [0.5, 0.6) is 0 Å². The molecule has 0 aliphatic heterocycles. The van der Waals surface area contributed by atoms with Gasteiger partial charge < -0.3 is 10.4 Å². The van der Waals surface area contributed by atoms with E-state index in [2.05, 4.69) is 21.2 Å². The molecule has 1 aromatic rings. The number of benzene rings is 1. The highest BCUT2D eigenvalue weighted by atomic mass is 79.9. The Labute approximate surface area is 110 Å². The molecular weight excluding hydrogens is 282 g/mol. The van der Waals surface area contributed by atoms with Crippen molar-refractivity contribution >= 4 is 21.8 Å². The molecule has 0 aromatic heterocycles. The molecule has 0 bridgehead atoms. The van der Waals surface area contributed by atoms with Crippen LogP contribution in [0, 0.1) is 12.8 Å². The molecule has 0 radical (unpaired) electrons. The normalized spacial score (nSPS) is 12.6. The molecule has 0 spiro atoms. The first kappa shape index (κ1) is 14.2. The fraction of sp³-hybridized carbons (Fsp3) is 0.462. The lowest BCUT2D eigenvalue weighted by molar-refractivity contribution is 0.0896. The Hall–Kier alpha value is -0.870. The van der Waals surface area contributed by atoms with Gasteiger partial charge in [-0.25, -0.2) is 0 Å². The molecule has 4 heteroatoms. The van der Waals surface area contributed by atoms with Crippen molar-refractivity contribution in [2.45, 2.75) is 26.8 Å². The third-order valence-electron chi connectivity index (χ3n) is 2.75. The lowest BCUT2D eigenvalue weighted by atomic mass is 10.0. The first-order valence-electron chi connectivity index (χ1n) is 5.63. The van der Waals surface area contributed by atoms with Gasteiger partial charge in [-0.3, -0.25) is 4.79 Å². The highest BCUT2D eigenvalue weighted by Crippen LogP contribution is 2.16. The summed E-state index contributed by atoms with van der Waals surface area (Å²) in [5, 5.41) is 12.0. The number of nitrogens with one attached hydrogen (secondary N) is 1. The number of hydrogen-bond donors (Lipinski definition) is 2. The van der Waals surface area contributed by atoms with Gasteiger partial charge in [-0.2, -0.15) is 0 Å². The third kappa shape index (κ3) is 3.82. The van der Waals surface area contributed by atoms with Crippen LogP contribution in [0.1, 0.15) is 29.8 Å². The van der Waals surface area contributed by atoms with Gasteiger partial charge in [-0.1, -0.05) is 29.8 Å². The van der Waals surface area contributed by atoms with Crippen molar-refractivity contribution in [1.29, 1.82) is 0 Å². The molecule has 0 aliphatic rings. The van der Waals surface area contributed by atoms with Gasteiger partial charge in [0, 0.05) is 10.0 Å². The van der Waals surface area contributed by atoms with Crippen LogP contribution in [-0.4, -0.2) is 23.7 Å². The number of rotatable bonds is 4. The predicted octanol–water partition coefficient (Wildman–Crippen LogP) is 2.50. The molecule has 1 amide bonds. The maximum Gasteiger partial charge on any atom is 0.251 e. The topological polar surface area (TPSA) is 49.3 Å². The van der Waals surface area contributed by atoms with Crippen LogP contribution in [0.2, 0.25) is 0 Å². The van der Waals surface area contributed by atoms with Crippen LogP contribution >= 0.6 is 15.9 Å². The maximum absolute atomic E-state index is 12.0. The summed E-state index contributed by atoms with van der Waals surface area (Å²) in [5.74, 6) is 0.0717. The van der Waals surface area contributed by atoms with Crippen LogP contribution in [0.15, 0.2) is 22.7 Å². The van der Waals surface area contributed by atoms with Crippen LogP contribution in [0.3, 0.4) is 0 Å². The number of aliphatic hydroxyl groups is 1. The van der Waals surface area contributed by atoms with E-state index in [1.165, 1.54) is 0 Å². The fourth-order valence-electron chi connectivity index (χ4n) is 1.55. The van der Waals surface area contributed by atoms with Gasteiger partial charge in [0.1, 0.15) is 0 Å². The number of amides is 1. The Morgan fingerprint density at radius 1 is 1.47 bits per heavy atom. The highest BCUT2D eigenvalue weighted by Gasteiger charge is 2.17. The van der Waals surface area contributed by atoms with Gasteiger partial charge in [0.25, 0.3) is 5.91 Å². The number of carbonyl (C=O) groups is 1. The van der Waals surface area contributed by atoms with Crippen molar-refractivity contribution < 1.29 is 9.90 Å². The SMILES string of the molecule is Cc1cc(Br)ccc1C(=O)NC(CO)C(C)C. The lowest BCUT2D eigenvalue weighted by Gasteiger charge is -2.20. The summed E-state index contributed by atoms with van der Waals surface area (Å²) in [4.78, 5) is 12.0. The minimum absolute atomic E-state index is 0.0427. The Balaban J connectivity index is 2.82. The van der Waals surface area contributed by atoms with E-state index in [0.29, 0.717) is 5.56 Å². The van der Waals surface area contributed by atoms with Gasteiger partial charge in [-0.15, -0.1) is 0 Å². The smallest absolute Gasteiger partial charge is 0.251 e. The van der Waals surface area contributed by atoms with Gasteiger partial charge in [0.05, 0.1) is 12.6 Å². The van der Waals surface area contributed by atoms with Crippen molar-refractivity contribution in [1.82, 2.24) is 5.32 Å². The van der Waals surface area contributed by atoms with E-state index in [0.717, 1.165) is 10.0 Å². The van der Waals surface area contributed by atoms with Crippen molar-refractivity contribution in [2.75, 3.05) is 6.61 Å². The number of halogens is 1. The summed E-state index contributed by atoms with van der Waals surface area (Å²) in [7, 11) is 0. The summed E-state index contributed by atoms with van der Waals surface area (Å²) >= 11 is 3.36. The van der Waals surface area contributed by atoms with Crippen LogP contribution in [0.4, 0.5) is 0 Å². The Morgan fingerprint density at radius 2 is 2.12 bits per heavy atom. The van der Waals surface area contributed by atoms with Crippen LogP contribution in [-0.2, 0) is 0 Å². The monoisotopic (exact) mass is 299 g/mol. The van der Waals surface area contributed by atoms with Gasteiger partial charge >= 0.3 is 0 Å². The first-order chi connectivity index (χ1) is 7.95. The molecule has 0 aliphatic carbocycles. The second kappa shape index (κ2) is 6.17. The molecule has 0 fully saturated rings. The lowest BCUT2D eigenvalue weighted by Crippen LogP contribution is -2.41. The van der Waals surface area contributed by atoms with Crippen molar-refractivity contribution in [3.05, 3.63) is 33.8 Å². The molecule has 1 atom stereocenters. The molecule has 17 heavy (non-hydrogen) atoms. The largest absolute Gasteiger partial charge is 0.394 e. The molecule has 3 nitrogen and oxygen atoms in total. The highest BCUT2D eigenvalue weighted by molar-refractivity contribution is 9.10. The first-order valence-corrected chi connectivity index (χ1v) is 6.43. The molecule has 94 valence electrons. The van der Waals surface area contributed by atoms with E-state index in [1.54, 1.807) is 6.07 Å². The molecular formula is C13H18BrNO2. The van der Waals surface area contributed by atoms with E-state index in [4.69, 9.17) is 0 Å². The number of aliphatic hydroxyl groups excluding tert-OH is 1. The van der Waals surface area contributed by atoms with E-state index < -0.39 is 0 Å². The quantitative estimate of drug-likeness (QED) is 0.897. The van der Waals surface area contributed by atoms with E-state index in [-0.39, 0.29) is 24.5 Å². The number of aryl methyl sites for hydroxylation is 1. The van der Waals surface area contributed by atoms with E-state index in [1.807, 2.05) is 32.9 Å². The molecule has 1 unspecified atom stereocenters. The summed E-state index contributed by atoms with van der Waals surface area (Å²) in [6.07, 6.45) is 0. The Bertz CT molecular complexity index is 404. The maximum atomic E-state index is 12.0. The molecule has 1 rings (SSSR count). The Morgan fingerprint density at radius 3 is 2.59 bits per heavy atom. The third-order valence-corrected chi connectivity index (χ3v) is 3.24. The summed E-state index contributed by atoms with van der Waals surface area (Å²) in [6.45, 7) is 5.78. The number of carbonyl (C=O) groups excluding carboxylic acids is 1. The molecule has 1 aromatic carbocycles. The average Bonchev–Trinajstić information content (AvgIpc) is 2.24. The molecule has 0 heterocycles. The zero-order valence-electron chi connectivity index (χ0n) is 10.3. The zero-order chi connectivity index (χ0) is 13.0. The number of hydrogen-bond acceptors (Lipinski definition) is 2. The van der Waals surface area contributed by atoms with E-state index in [9.17, 15) is 9.90 Å². The Kier molecular flexibility index (Phi) is 5.15. The minimum Gasteiger partial charge on any atom is -0.394 e. The standard InChI is InChI=1S/C13H18BrNO2/c1-8(2)12(7-16)15-13(17)11-5-4-10(14)6-9(11)3/h4-6,8,12,16H,7H2,1-3H3,(H,15,17). The van der Waals surface area contributed by atoms with Crippen molar-refractivity contribution in [3.8, 4) is 0 Å². The average molecular weight is 300 g/mol. The summed E-state index contributed by atoms with van der Waals surface area (Å²) < 4.78 is 0.953. The predicted molar refractivity (Wildman–Crippen MR) is 72.1 cm³/mol. The molecule has 0 saturated carbocycles. The van der Waals surface area contributed by atoms with Crippen LogP contribution in [0.25, 0.3) is 0 Å². The minimum atomic E-state index is -0.203.